The van der Waals surface area contributed by atoms with Crippen molar-refractivity contribution >= 4 is 12.1 Å². The zero-order valence-corrected chi connectivity index (χ0v) is 14.6. The minimum atomic E-state index is -0.810. The standard InChI is InChI=1S/C18H23NO6/c1-18(2)24-14-12(16(20)22-3)9-13(15(14)25-18)19-17(21)23-10-11-7-5-4-6-8-11/h4-8,12-15H,9-10H2,1-3H3,(H,19,21)/t12-,13+,14+,15-/m1/s1. The normalized spacial score (nSPS) is 29.7. The molecule has 4 atom stereocenters. The van der Waals surface area contributed by atoms with Gasteiger partial charge in [0, 0.05) is 0 Å². The van der Waals surface area contributed by atoms with E-state index in [9.17, 15) is 9.59 Å². The number of ether oxygens (including phenoxy) is 4. The molecule has 2 aliphatic rings. The molecule has 1 heterocycles. The number of carbonyl (C=O) groups is 2. The lowest BCUT2D eigenvalue weighted by Crippen LogP contribution is -2.43. The predicted molar refractivity (Wildman–Crippen MR) is 87.5 cm³/mol. The number of nitrogens with one attached hydrogen (secondary N) is 1. The van der Waals surface area contributed by atoms with Gasteiger partial charge in [-0.25, -0.2) is 4.79 Å². The lowest BCUT2D eigenvalue weighted by Gasteiger charge is -2.23. The van der Waals surface area contributed by atoms with Gasteiger partial charge < -0.3 is 24.3 Å². The second kappa shape index (κ2) is 7.01. The van der Waals surface area contributed by atoms with E-state index in [0.717, 1.165) is 5.56 Å². The van der Waals surface area contributed by atoms with Crippen LogP contribution in [0.15, 0.2) is 30.3 Å². The summed E-state index contributed by atoms with van der Waals surface area (Å²) in [6, 6.07) is 9.04. The van der Waals surface area contributed by atoms with Gasteiger partial charge in [0.2, 0.25) is 0 Å². The van der Waals surface area contributed by atoms with E-state index < -0.39 is 30.0 Å². The van der Waals surface area contributed by atoms with Gasteiger partial charge in [-0.3, -0.25) is 4.79 Å². The largest absolute Gasteiger partial charge is 0.469 e. The smallest absolute Gasteiger partial charge is 0.407 e. The fourth-order valence-corrected chi connectivity index (χ4v) is 3.42. The van der Waals surface area contributed by atoms with Crippen molar-refractivity contribution in [2.45, 2.75) is 50.9 Å². The second-order valence-corrected chi connectivity index (χ2v) is 6.74. The molecule has 0 bridgehead atoms. The lowest BCUT2D eigenvalue weighted by atomic mass is 10.1. The molecule has 2 fully saturated rings. The molecule has 1 saturated heterocycles. The summed E-state index contributed by atoms with van der Waals surface area (Å²) in [5.74, 6) is -1.65. The van der Waals surface area contributed by atoms with E-state index in [-0.39, 0.29) is 18.6 Å². The average molecular weight is 349 g/mol. The lowest BCUT2D eigenvalue weighted by molar-refractivity contribution is -0.168. The summed E-state index contributed by atoms with van der Waals surface area (Å²) >= 11 is 0. The van der Waals surface area contributed by atoms with Gasteiger partial charge in [-0.05, 0) is 25.8 Å². The van der Waals surface area contributed by atoms with Gasteiger partial charge in [0.15, 0.2) is 5.79 Å². The average Bonchev–Trinajstić information content (AvgIpc) is 3.07. The Labute approximate surface area is 146 Å². The highest BCUT2D eigenvalue weighted by atomic mass is 16.8. The molecule has 0 unspecified atom stereocenters. The maximum atomic E-state index is 12.1. The van der Waals surface area contributed by atoms with Gasteiger partial charge in [0.1, 0.15) is 18.8 Å². The topological polar surface area (TPSA) is 83.1 Å². The summed E-state index contributed by atoms with van der Waals surface area (Å²) in [7, 11) is 1.34. The third-order valence-corrected chi connectivity index (χ3v) is 4.48. The minimum Gasteiger partial charge on any atom is -0.469 e. The first kappa shape index (κ1) is 17.7. The van der Waals surface area contributed by atoms with E-state index in [1.165, 1.54) is 7.11 Å². The Hall–Kier alpha value is -2.12. The first-order chi connectivity index (χ1) is 11.9. The summed E-state index contributed by atoms with van der Waals surface area (Å²) in [6.07, 6.45) is -1.02. The first-order valence-corrected chi connectivity index (χ1v) is 8.30. The van der Waals surface area contributed by atoms with Crippen LogP contribution in [0.25, 0.3) is 0 Å². The number of amides is 1. The second-order valence-electron chi connectivity index (χ2n) is 6.74. The molecular formula is C18H23NO6. The molecule has 1 N–H and O–H groups in total. The van der Waals surface area contributed by atoms with Gasteiger partial charge in [0.25, 0.3) is 0 Å². The van der Waals surface area contributed by atoms with Gasteiger partial charge in [-0.15, -0.1) is 0 Å². The van der Waals surface area contributed by atoms with Crippen LogP contribution < -0.4 is 5.32 Å². The van der Waals surface area contributed by atoms with Crippen molar-refractivity contribution in [3.63, 3.8) is 0 Å². The van der Waals surface area contributed by atoms with Crippen molar-refractivity contribution in [1.82, 2.24) is 5.32 Å². The number of esters is 1. The summed E-state index contributed by atoms with van der Waals surface area (Å²) in [5, 5.41) is 2.79. The molecule has 1 aliphatic heterocycles. The molecule has 0 radical (unpaired) electrons. The SMILES string of the molecule is COC(=O)[C@@H]1C[C@H](NC(=O)OCc2ccccc2)[C@H]2OC(C)(C)O[C@H]21. The Morgan fingerprint density at radius 1 is 1.20 bits per heavy atom. The molecule has 1 aromatic rings. The van der Waals surface area contributed by atoms with E-state index in [1.807, 2.05) is 30.3 Å². The molecule has 0 spiro atoms. The van der Waals surface area contributed by atoms with Crippen LogP contribution in [0.3, 0.4) is 0 Å². The van der Waals surface area contributed by atoms with Crippen LogP contribution in [-0.4, -0.2) is 43.2 Å². The molecule has 136 valence electrons. The highest BCUT2D eigenvalue weighted by Gasteiger charge is 2.57. The van der Waals surface area contributed by atoms with Crippen LogP contribution in [0.1, 0.15) is 25.8 Å². The molecule has 3 rings (SSSR count). The number of hydrogen-bond donors (Lipinski definition) is 1. The third kappa shape index (κ3) is 3.93. The van der Waals surface area contributed by atoms with Gasteiger partial charge in [-0.1, -0.05) is 30.3 Å². The Bertz CT molecular complexity index is 632. The molecule has 1 amide bonds. The minimum absolute atomic E-state index is 0.177. The van der Waals surface area contributed by atoms with E-state index >= 15 is 0 Å². The van der Waals surface area contributed by atoms with Crippen LogP contribution in [-0.2, 0) is 30.3 Å². The molecule has 0 aromatic heterocycles. The van der Waals surface area contributed by atoms with Crippen molar-refractivity contribution in [2.75, 3.05) is 7.11 Å². The quantitative estimate of drug-likeness (QED) is 0.837. The van der Waals surface area contributed by atoms with Crippen LogP contribution in [0.2, 0.25) is 0 Å². The van der Waals surface area contributed by atoms with Crippen LogP contribution >= 0.6 is 0 Å². The number of benzene rings is 1. The van der Waals surface area contributed by atoms with E-state index in [4.69, 9.17) is 18.9 Å². The molecule has 7 heteroatoms. The molecule has 1 saturated carbocycles. The summed E-state index contributed by atoms with van der Waals surface area (Å²) in [4.78, 5) is 24.1. The third-order valence-electron chi connectivity index (χ3n) is 4.48. The highest BCUT2D eigenvalue weighted by molar-refractivity contribution is 5.74. The van der Waals surface area contributed by atoms with E-state index in [1.54, 1.807) is 13.8 Å². The summed E-state index contributed by atoms with van der Waals surface area (Å²) in [5.41, 5.74) is 0.899. The van der Waals surface area contributed by atoms with Crippen molar-refractivity contribution in [2.24, 2.45) is 5.92 Å². The number of alkyl carbamates (subject to hydrolysis) is 1. The fourth-order valence-electron chi connectivity index (χ4n) is 3.42. The highest BCUT2D eigenvalue weighted by Crippen LogP contribution is 2.42. The van der Waals surface area contributed by atoms with Crippen molar-refractivity contribution < 1.29 is 28.5 Å². The van der Waals surface area contributed by atoms with Gasteiger partial charge in [-0.2, -0.15) is 0 Å². The van der Waals surface area contributed by atoms with Crippen molar-refractivity contribution in [3.8, 4) is 0 Å². The van der Waals surface area contributed by atoms with Gasteiger partial charge in [0.05, 0.1) is 19.1 Å². The number of hydrogen-bond acceptors (Lipinski definition) is 6. The first-order valence-electron chi connectivity index (χ1n) is 8.30. The Morgan fingerprint density at radius 2 is 1.88 bits per heavy atom. The maximum absolute atomic E-state index is 12.1. The zero-order valence-electron chi connectivity index (χ0n) is 14.6. The number of carbonyl (C=O) groups excluding carboxylic acids is 2. The zero-order chi connectivity index (χ0) is 18.0. The fraction of sp³-hybridized carbons (Fsp3) is 0.556. The van der Waals surface area contributed by atoms with Crippen LogP contribution in [0.4, 0.5) is 4.79 Å². The van der Waals surface area contributed by atoms with E-state index in [2.05, 4.69) is 5.32 Å². The summed E-state index contributed by atoms with van der Waals surface area (Å²) < 4.78 is 21.8. The number of methoxy groups -OCH3 is 1. The molecule has 1 aliphatic carbocycles. The molecule has 7 nitrogen and oxygen atoms in total. The number of fused-ring (bicyclic) bond motifs is 1. The van der Waals surface area contributed by atoms with Gasteiger partial charge >= 0.3 is 12.1 Å². The number of rotatable bonds is 4. The Balaban J connectivity index is 1.61. The van der Waals surface area contributed by atoms with E-state index in [0.29, 0.717) is 6.42 Å². The molecule has 1 aromatic carbocycles. The summed E-state index contributed by atoms with van der Waals surface area (Å²) in [6.45, 7) is 3.74. The van der Waals surface area contributed by atoms with Crippen molar-refractivity contribution in [3.05, 3.63) is 35.9 Å². The Kier molecular flexibility index (Phi) is 4.96. The monoisotopic (exact) mass is 349 g/mol. The maximum Gasteiger partial charge on any atom is 0.407 e. The van der Waals surface area contributed by atoms with Crippen LogP contribution in [0, 0.1) is 5.92 Å². The predicted octanol–water partition coefficient (Wildman–Crippen LogP) is 1.99. The van der Waals surface area contributed by atoms with Crippen LogP contribution in [0.5, 0.6) is 0 Å². The van der Waals surface area contributed by atoms with Crippen molar-refractivity contribution in [1.29, 1.82) is 0 Å². The molecular weight excluding hydrogens is 326 g/mol. The molecule has 25 heavy (non-hydrogen) atoms. The Morgan fingerprint density at radius 3 is 2.56 bits per heavy atom.